The van der Waals surface area contributed by atoms with Gasteiger partial charge in [0, 0.05) is 50.3 Å². The number of piperazine rings is 1. The number of hydrogen-bond acceptors (Lipinski definition) is 6. The van der Waals surface area contributed by atoms with E-state index in [2.05, 4.69) is 37.2 Å². The first-order chi connectivity index (χ1) is 13.2. The van der Waals surface area contributed by atoms with Crippen LogP contribution in [0.25, 0.3) is 0 Å². The van der Waals surface area contributed by atoms with Gasteiger partial charge in [0.05, 0.1) is 25.3 Å². The number of ether oxygens (including phenoxy) is 1. The first-order valence-electron chi connectivity index (χ1n) is 9.43. The normalized spacial score (nSPS) is 21.3. The van der Waals surface area contributed by atoms with Crippen LogP contribution in [-0.2, 0) is 11.2 Å². The average Bonchev–Trinajstić information content (AvgIpc) is 2.73. The molecule has 0 saturated carbocycles. The summed E-state index contributed by atoms with van der Waals surface area (Å²) in [5.74, 6) is 1.74. The average molecular weight is 367 g/mol. The van der Waals surface area contributed by atoms with Crippen molar-refractivity contribution in [3.8, 4) is 5.75 Å². The summed E-state index contributed by atoms with van der Waals surface area (Å²) in [4.78, 5) is 26.1. The smallest absolute Gasteiger partial charge is 0.225 e. The number of nitrogens with one attached hydrogen (secondary N) is 1. The Bertz CT molecular complexity index is 813. The lowest BCUT2D eigenvalue weighted by Crippen LogP contribution is -2.61. The van der Waals surface area contributed by atoms with E-state index in [4.69, 9.17) is 4.74 Å². The third-order valence-electron chi connectivity index (χ3n) is 5.49. The number of nitrogens with zero attached hydrogens (tertiary/aromatic N) is 4. The zero-order valence-corrected chi connectivity index (χ0v) is 15.8. The molecule has 1 saturated heterocycles. The standard InChI is InChI=1S/C20H25N5O2/c1-3-22-20(26)16-10-14-4-5-15(27-2)11-17(14)25-9-8-24(13-18(16)25)19-12-21-6-7-23-19/h4-7,11-12,16,18H,3,8-10,13H2,1-2H3,(H,22,26)/t16-,18+/m1/s1. The molecular formula is C20H25N5O2. The van der Waals surface area contributed by atoms with Crippen LogP contribution in [0.1, 0.15) is 12.5 Å². The van der Waals surface area contributed by atoms with Gasteiger partial charge in [0.1, 0.15) is 11.6 Å². The minimum Gasteiger partial charge on any atom is -0.497 e. The molecule has 1 amide bonds. The molecular weight excluding hydrogens is 342 g/mol. The number of hydrogen-bond donors (Lipinski definition) is 1. The number of benzene rings is 1. The number of rotatable bonds is 4. The molecule has 0 radical (unpaired) electrons. The van der Waals surface area contributed by atoms with E-state index in [9.17, 15) is 4.79 Å². The fraction of sp³-hybridized carbons (Fsp3) is 0.450. The molecule has 1 aromatic carbocycles. The van der Waals surface area contributed by atoms with Crippen molar-refractivity contribution in [3.63, 3.8) is 0 Å². The zero-order chi connectivity index (χ0) is 18.8. The highest BCUT2D eigenvalue weighted by Crippen LogP contribution is 2.38. The van der Waals surface area contributed by atoms with Gasteiger partial charge >= 0.3 is 0 Å². The summed E-state index contributed by atoms with van der Waals surface area (Å²) in [6.45, 7) is 5.03. The van der Waals surface area contributed by atoms with Crippen LogP contribution in [0.2, 0.25) is 0 Å². The Morgan fingerprint density at radius 1 is 1.33 bits per heavy atom. The Balaban J connectivity index is 1.68. The van der Waals surface area contributed by atoms with Crippen LogP contribution < -0.4 is 19.9 Å². The van der Waals surface area contributed by atoms with Crippen molar-refractivity contribution in [3.05, 3.63) is 42.4 Å². The van der Waals surface area contributed by atoms with Gasteiger partial charge in [-0.05, 0) is 25.0 Å². The predicted octanol–water partition coefficient (Wildman–Crippen LogP) is 1.49. The summed E-state index contributed by atoms with van der Waals surface area (Å²) < 4.78 is 5.43. The molecule has 0 bridgehead atoms. The van der Waals surface area contributed by atoms with Crippen LogP contribution >= 0.6 is 0 Å². The highest BCUT2D eigenvalue weighted by Gasteiger charge is 2.41. The maximum absolute atomic E-state index is 12.8. The van der Waals surface area contributed by atoms with E-state index in [1.165, 1.54) is 11.3 Å². The van der Waals surface area contributed by atoms with Gasteiger partial charge in [-0.3, -0.25) is 9.78 Å². The van der Waals surface area contributed by atoms with Crippen LogP contribution in [0.15, 0.2) is 36.8 Å². The van der Waals surface area contributed by atoms with Gasteiger partial charge in [-0.2, -0.15) is 0 Å². The zero-order valence-electron chi connectivity index (χ0n) is 15.8. The lowest BCUT2D eigenvalue weighted by molar-refractivity contribution is -0.125. The van der Waals surface area contributed by atoms with Crippen molar-refractivity contribution in [1.82, 2.24) is 15.3 Å². The van der Waals surface area contributed by atoms with E-state index in [1.54, 1.807) is 25.7 Å². The lowest BCUT2D eigenvalue weighted by Gasteiger charge is -2.49. The highest BCUT2D eigenvalue weighted by atomic mass is 16.5. The fourth-order valence-corrected chi connectivity index (χ4v) is 4.17. The summed E-state index contributed by atoms with van der Waals surface area (Å²) >= 11 is 0. The molecule has 2 atom stereocenters. The minimum absolute atomic E-state index is 0.0897. The fourth-order valence-electron chi connectivity index (χ4n) is 4.17. The Labute approximate surface area is 159 Å². The number of methoxy groups -OCH3 is 1. The van der Waals surface area contributed by atoms with E-state index in [0.717, 1.165) is 37.6 Å². The highest BCUT2D eigenvalue weighted by molar-refractivity contribution is 5.82. The molecule has 1 N–H and O–H groups in total. The first kappa shape index (κ1) is 17.6. The van der Waals surface area contributed by atoms with Gasteiger partial charge in [-0.15, -0.1) is 0 Å². The molecule has 3 heterocycles. The second-order valence-electron chi connectivity index (χ2n) is 6.97. The van der Waals surface area contributed by atoms with E-state index < -0.39 is 0 Å². The summed E-state index contributed by atoms with van der Waals surface area (Å²) in [5.41, 5.74) is 2.38. The second-order valence-corrected chi connectivity index (χ2v) is 6.97. The number of aromatic nitrogens is 2. The number of fused-ring (bicyclic) bond motifs is 3. The summed E-state index contributed by atoms with van der Waals surface area (Å²) in [6.07, 6.45) is 5.92. The molecule has 4 rings (SSSR count). The molecule has 0 unspecified atom stereocenters. The second kappa shape index (κ2) is 7.42. The SMILES string of the molecule is CCNC(=O)[C@@H]1Cc2ccc(OC)cc2N2CCN(c3cnccn3)C[C@@H]12. The van der Waals surface area contributed by atoms with Crippen molar-refractivity contribution in [2.24, 2.45) is 5.92 Å². The summed E-state index contributed by atoms with van der Waals surface area (Å²) in [7, 11) is 1.69. The molecule has 7 heteroatoms. The van der Waals surface area contributed by atoms with Crippen LogP contribution in [0.4, 0.5) is 11.5 Å². The Morgan fingerprint density at radius 3 is 2.96 bits per heavy atom. The molecule has 2 aliphatic heterocycles. The molecule has 2 aromatic rings. The lowest BCUT2D eigenvalue weighted by atomic mass is 9.83. The van der Waals surface area contributed by atoms with Crippen molar-refractivity contribution >= 4 is 17.4 Å². The molecule has 2 aliphatic rings. The number of carbonyl (C=O) groups is 1. The van der Waals surface area contributed by atoms with E-state index in [-0.39, 0.29) is 17.9 Å². The van der Waals surface area contributed by atoms with Crippen LogP contribution in [0.5, 0.6) is 5.75 Å². The van der Waals surface area contributed by atoms with Gasteiger partial charge in [-0.25, -0.2) is 4.98 Å². The molecule has 0 aliphatic carbocycles. The Kier molecular flexibility index (Phi) is 4.83. The summed E-state index contributed by atoms with van der Waals surface area (Å²) in [5, 5.41) is 3.02. The molecule has 27 heavy (non-hydrogen) atoms. The van der Waals surface area contributed by atoms with Gasteiger partial charge in [0.25, 0.3) is 0 Å². The number of carbonyl (C=O) groups excluding carboxylic acids is 1. The van der Waals surface area contributed by atoms with Gasteiger partial charge in [-0.1, -0.05) is 6.07 Å². The Morgan fingerprint density at radius 2 is 2.22 bits per heavy atom. The predicted molar refractivity (Wildman–Crippen MR) is 104 cm³/mol. The molecule has 1 aromatic heterocycles. The van der Waals surface area contributed by atoms with Crippen molar-refractivity contribution in [1.29, 1.82) is 0 Å². The van der Waals surface area contributed by atoms with Crippen molar-refractivity contribution in [2.45, 2.75) is 19.4 Å². The van der Waals surface area contributed by atoms with E-state index in [0.29, 0.717) is 6.54 Å². The maximum atomic E-state index is 12.8. The van der Waals surface area contributed by atoms with Crippen LogP contribution in [0, 0.1) is 5.92 Å². The van der Waals surface area contributed by atoms with E-state index in [1.807, 2.05) is 13.0 Å². The Hall–Kier alpha value is -2.83. The van der Waals surface area contributed by atoms with E-state index >= 15 is 0 Å². The van der Waals surface area contributed by atoms with Crippen LogP contribution in [0.3, 0.4) is 0 Å². The number of anilines is 2. The largest absolute Gasteiger partial charge is 0.497 e. The third-order valence-corrected chi connectivity index (χ3v) is 5.49. The molecule has 0 spiro atoms. The molecule has 142 valence electrons. The molecule has 7 nitrogen and oxygen atoms in total. The first-order valence-corrected chi connectivity index (χ1v) is 9.43. The number of amides is 1. The van der Waals surface area contributed by atoms with Crippen LogP contribution in [-0.4, -0.2) is 55.2 Å². The topological polar surface area (TPSA) is 70.6 Å². The maximum Gasteiger partial charge on any atom is 0.225 e. The van der Waals surface area contributed by atoms with Gasteiger partial charge < -0.3 is 19.9 Å². The monoisotopic (exact) mass is 367 g/mol. The quantitative estimate of drug-likeness (QED) is 0.883. The third kappa shape index (κ3) is 3.29. The van der Waals surface area contributed by atoms with Crippen molar-refractivity contribution in [2.75, 3.05) is 43.1 Å². The van der Waals surface area contributed by atoms with Gasteiger partial charge in [0.15, 0.2) is 0 Å². The summed E-state index contributed by atoms with van der Waals surface area (Å²) in [6, 6.07) is 6.25. The van der Waals surface area contributed by atoms with Gasteiger partial charge in [0.2, 0.25) is 5.91 Å². The van der Waals surface area contributed by atoms with Crippen molar-refractivity contribution < 1.29 is 9.53 Å². The molecule has 1 fully saturated rings. The minimum atomic E-state index is -0.0923.